The summed E-state index contributed by atoms with van der Waals surface area (Å²) in [6, 6.07) is 11.1. The van der Waals surface area contributed by atoms with E-state index in [1.54, 1.807) is 46.0 Å². The van der Waals surface area contributed by atoms with Gasteiger partial charge in [0.1, 0.15) is 5.60 Å². The van der Waals surface area contributed by atoms with E-state index in [9.17, 15) is 18.0 Å². The minimum Gasteiger partial charge on any atom is -0.444 e. The molecule has 2 amide bonds. The average molecular weight is 453 g/mol. The summed E-state index contributed by atoms with van der Waals surface area (Å²) in [7, 11) is -1.94. The van der Waals surface area contributed by atoms with E-state index in [0.717, 1.165) is 11.8 Å². The molecular formula is C21H25ClN2O5S. The minimum atomic E-state index is -3.57. The van der Waals surface area contributed by atoms with Gasteiger partial charge in [-0.05, 0) is 56.7 Å². The second kappa shape index (κ2) is 9.06. The minimum absolute atomic E-state index is 0.0567. The predicted molar refractivity (Wildman–Crippen MR) is 117 cm³/mol. The molecule has 162 valence electrons. The summed E-state index contributed by atoms with van der Waals surface area (Å²) in [6.07, 6.45) is 0.576. The average Bonchev–Trinajstić information content (AvgIpc) is 2.59. The number of nitrogens with zero attached hydrogens (tertiary/aromatic N) is 1. The van der Waals surface area contributed by atoms with Gasteiger partial charge in [0.25, 0.3) is 5.91 Å². The number of halogens is 1. The van der Waals surface area contributed by atoms with E-state index >= 15 is 0 Å². The molecule has 2 aromatic carbocycles. The fraction of sp³-hybridized carbons (Fsp3) is 0.333. The lowest BCUT2D eigenvalue weighted by Crippen LogP contribution is -2.33. The van der Waals surface area contributed by atoms with Crippen LogP contribution in [0.4, 0.5) is 10.5 Å². The van der Waals surface area contributed by atoms with E-state index < -0.39 is 27.4 Å². The van der Waals surface area contributed by atoms with Crippen molar-refractivity contribution in [1.82, 2.24) is 4.90 Å². The first kappa shape index (κ1) is 23.7. The first-order valence-corrected chi connectivity index (χ1v) is 11.4. The van der Waals surface area contributed by atoms with Crippen molar-refractivity contribution in [3.63, 3.8) is 0 Å². The summed E-state index contributed by atoms with van der Waals surface area (Å²) in [6.45, 7) is 5.67. The lowest BCUT2D eigenvalue weighted by molar-refractivity contribution is 0.0285. The second-order valence-corrected chi connectivity index (χ2v) is 10.3. The molecule has 0 aromatic heterocycles. The Hall–Kier alpha value is -2.58. The number of carbonyl (C=O) groups is 2. The summed E-state index contributed by atoms with van der Waals surface area (Å²) >= 11 is 5.93. The number of carbonyl (C=O) groups excluding carboxylic acids is 2. The van der Waals surface area contributed by atoms with E-state index in [1.807, 2.05) is 6.07 Å². The monoisotopic (exact) mass is 452 g/mol. The number of nitrogens with one attached hydrogen (secondary N) is 1. The third kappa shape index (κ3) is 6.74. The van der Waals surface area contributed by atoms with E-state index in [0.29, 0.717) is 5.69 Å². The molecule has 0 bridgehead atoms. The number of amides is 2. The number of anilines is 1. The van der Waals surface area contributed by atoms with Gasteiger partial charge in [0, 0.05) is 31.1 Å². The molecule has 0 unspecified atom stereocenters. The van der Waals surface area contributed by atoms with Crippen LogP contribution in [0.5, 0.6) is 0 Å². The van der Waals surface area contributed by atoms with Gasteiger partial charge in [-0.1, -0.05) is 23.7 Å². The Morgan fingerprint density at radius 3 is 2.40 bits per heavy atom. The second-order valence-electron chi connectivity index (χ2n) is 7.91. The number of hydrogen-bond acceptors (Lipinski definition) is 5. The SMILES string of the molecule is CN(Cc1cccc(NC(=O)c2ccc(Cl)c(S(C)(=O)=O)c2)c1)C(=O)OC(C)(C)C. The zero-order valence-corrected chi connectivity index (χ0v) is 19.1. The smallest absolute Gasteiger partial charge is 0.410 e. The lowest BCUT2D eigenvalue weighted by atomic mass is 10.1. The number of hydrogen-bond donors (Lipinski definition) is 1. The molecule has 0 radical (unpaired) electrons. The zero-order valence-electron chi connectivity index (χ0n) is 17.5. The number of rotatable bonds is 5. The number of ether oxygens (including phenoxy) is 1. The molecule has 7 nitrogen and oxygen atoms in total. The summed E-state index contributed by atoms with van der Waals surface area (Å²) in [5, 5.41) is 2.78. The van der Waals surface area contributed by atoms with Gasteiger partial charge in [-0.3, -0.25) is 4.79 Å². The molecule has 1 N–H and O–H groups in total. The highest BCUT2D eigenvalue weighted by Crippen LogP contribution is 2.23. The van der Waals surface area contributed by atoms with E-state index in [-0.39, 0.29) is 22.0 Å². The molecule has 0 spiro atoms. The van der Waals surface area contributed by atoms with Gasteiger partial charge in [0.05, 0.1) is 9.92 Å². The first-order valence-electron chi connectivity index (χ1n) is 9.10. The highest BCUT2D eigenvalue weighted by Gasteiger charge is 2.20. The van der Waals surface area contributed by atoms with Crippen LogP contribution in [0.2, 0.25) is 5.02 Å². The molecule has 0 aliphatic carbocycles. The normalized spacial score (nSPS) is 11.7. The Morgan fingerprint density at radius 2 is 1.80 bits per heavy atom. The predicted octanol–water partition coefficient (Wildman–Crippen LogP) is 4.36. The lowest BCUT2D eigenvalue weighted by Gasteiger charge is -2.24. The van der Waals surface area contributed by atoms with Crippen LogP contribution >= 0.6 is 11.6 Å². The summed E-state index contributed by atoms with van der Waals surface area (Å²) < 4.78 is 29.0. The van der Waals surface area contributed by atoms with Crippen LogP contribution in [0.25, 0.3) is 0 Å². The molecule has 0 fully saturated rings. The standard InChI is InChI=1S/C21H25ClN2O5S/c1-21(2,3)29-20(26)24(4)13-14-7-6-8-16(11-14)23-19(25)15-9-10-17(22)18(12-15)30(5,27)28/h6-12H,13H2,1-5H3,(H,23,25). The number of sulfone groups is 1. The fourth-order valence-electron chi connectivity index (χ4n) is 2.56. The van der Waals surface area contributed by atoms with Crippen molar-refractivity contribution in [3.8, 4) is 0 Å². The van der Waals surface area contributed by atoms with Crippen LogP contribution in [0, 0.1) is 0 Å². The van der Waals surface area contributed by atoms with Crippen LogP contribution < -0.4 is 5.32 Å². The van der Waals surface area contributed by atoms with Crippen LogP contribution in [0.3, 0.4) is 0 Å². The van der Waals surface area contributed by atoms with Crippen LogP contribution in [-0.4, -0.2) is 44.2 Å². The maximum Gasteiger partial charge on any atom is 0.410 e. The summed E-state index contributed by atoms with van der Waals surface area (Å²) in [5.41, 5.74) is 0.862. The third-order valence-corrected chi connectivity index (χ3v) is 5.48. The van der Waals surface area contributed by atoms with Gasteiger partial charge in [-0.2, -0.15) is 0 Å². The van der Waals surface area contributed by atoms with Crippen molar-refractivity contribution < 1.29 is 22.7 Å². The quantitative estimate of drug-likeness (QED) is 0.727. The number of benzene rings is 2. The van der Waals surface area contributed by atoms with Crippen molar-refractivity contribution >= 4 is 39.1 Å². The van der Waals surface area contributed by atoms with Crippen molar-refractivity contribution in [2.24, 2.45) is 0 Å². The van der Waals surface area contributed by atoms with E-state index in [2.05, 4.69) is 5.32 Å². The molecule has 0 heterocycles. The largest absolute Gasteiger partial charge is 0.444 e. The highest BCUT2D eigenvalue weighted by atomic mass is 35.5. The Morgan fingerprint density at radius 1 is 1.13 bits per heavy atom. The van der Waals surface area contributed by atoms with Gasteiger partial charge < -0.3 is 15.0 Å². The van der Waals surface area contributed by atoms with Gasteiger partial charge in [0.15, 0.2) is 9.84 Å². The zero-order chi connectivity index (χ0) is 22.7. The van der Waals surface area contributed by atoms with Crippen molar-refractivity contribution in [1.29, 1.82) is 0 Å². The molecule has 0 atom stereocenters. The van der Waals surface area contributed by atoms with Crippen molar-refractivity contribution in [3.05, 3.63) is 58.6 Å². The summed E-state index contributed by atoms with van der Waals surface area (Å²) in [5.74, 6) is -0.478. The van der Waals surface area contributed by atoms with Crippen molar-refractivity contribution in [2.45, 2.75) is 37.8 Å². The van der Waals surface area contributed by atoms with Gasteiger partial charge in [-0.25, -0.2) is 13.2 Å². The third-order valence-electron chi connectivity index (χ3n) is 3.90. The molecule has 0 saturated heterocycles. The first-order chi connectivity index (χ1) is 13.8. The molecule has 0 aliphatic rings. The topological polar surface area (TPSA) is 92.8 Å². The van der Waals surface area contributed by atoms with Crippen LogP contribution in [-0.2, 0) is 21.1 Å². The Labute approximate surface area is 181 Å². The Balaban J connectivity index is 2.14. The highest BCUT2D eigenvalue weighted by molar-refractivity contribution is 7.90. The van der Waals surface area contributed by atoms with Crippen LogP contribution in [0.15, 0.2) is 47.4 Å². The van der Waals surface area contributed by atoms with E-state index in [4.69, 9.17) is 16.3 Å². The van der Waals surface area contributed by atoms with Gasteiger partial charge in [-0.15, -0.1) is 0 Å². The maximum absolute atomic E-state index is 12.6. The maximum atomic E-state index is 12.6. The van der Waals surface area contributed by atoms with Gasteiger partial charge in [0.2, 0.25) is 0 Å². The summed E-state index contributed by atoms with van der Waals surface area (Å²) in [4.78, 5) is 26.0. The fourth-order valence-corrected chi connectivity index (χ4v) is 3.86. The molecule has 0 saturated carbocycles. The Bertz CT molecular complexity index is 1060. The van der Waals surface area contributed by atoms with E-state index in [1.165, 1.54) is 23.1 Å². The molecule has 0 aliphatic heterocycles. The molecule has 2 rings (SSSR count). The molecule has 30 heavy (non-hydrogen) atoms. The molecular weight excluding hydrogens is 428 g/mol. The van der Waals surface area contributed by atoms with Crippen LogP contribution in [0.1, 0.15) is 36.7 Å². The molecule has 2 aromatic rings. The van der Waals surface area contributed by atoms with Gasteiger partial charge >= 0.3 is 6.09 Å². The molecule has 9 heteroatoms. The Kier molecular flexibility index (Phi) is 7.15. The van der Waals surface area contributed by atoms with Crippen molar-refractivity contribution in [2.75, 3.05) is 18.6 Å².